The van der Waals surface area contributed by atoms with Crippen molar-refractivity contribution in [1.29, 1.82) is 0 Å². The minimum absolute atomic E-state index is 0.319. The van der Waals surface area contributed by atoms with E-state index in [4.69, 9.17) is 0 Å². The molecule has 3 rings (SSSR count). The van der Waals surface area contributed by atoms with E-state index < -0.39 is 10.8 Å². The third kappa shape index (κ3) is 5.48. The molecule has 1 aliphatic rings. The van der Waals surface area contributed by atoms with Crippen molar-refractivity contribution in [3.05, 3.63) is 60.2 Å². The summed E-state index contributed by atoms with van der Waals surface area (Å²) in [5, 5.41) is 13.4. The van der Waals surface area contributed by atoms with Crippen LogP contribution in [0.4, 0.5) is 5.69 Å². The standard InChI is InChI=1S/C21H28N4O2S/c1-22-21(23-11-16-28(27)17-18-7-3-2-4-8-18)25-14-12-24(13-15-25)19-9-5-6-10-20(19)26/h2-10,26H,11-17H2,1H3,(H,22,23). The molecule has 2 aromatic rings. The Bertz CT molecular complexity index is 805. The monoisotopic (exact) mass is 400 g/mol. The molecule has 0 amide bonds. The third-order valence-electron chi connectivity index (χ3n) is 4.80. The van der Waals surface area contributed by atoms with E-state index in [-0.39, 0.29) is 0 Å². The number of hydrogen-bond donors (Lipinski definition) is 2. The van der Waals surface area contributed by atoms with Crippen LogP contribution in [0.15, 0.2) is 59.6 Å². The van der Waals surface area contributed by atoms with Crippen LogP contribution < -0.4 is 10.2 Å². The second kappa shape index (κ2) is 10.1. The zero-order valence-corrected chi connectivity index (χ0v) is 17.1. The zero-order chi connectivity index (χ0) is 19.8. The van der Waals surface area contributed by atoms with E-state index in [0.717, 1.165) is 43.4 Å². The van der Waals surface area contributed by atoms with Crippen LogP contribution in [0.3, 0.4) is 0 Å². The van der Waals surface area contributed by atoms with E-state index in [9.17, 15) is 9.32 Å². The number of guanidine groups is 1. The van der Waals surface area contributed by atoms with E-state index >= 15 is 0 Å². The molecule has 2 N–H and O–H groups in total. The number of hydrogen-bond acceptors (Lipinski definition) is 4. The molecule has 1 atom stereocenters. The van der Waals surface area contributed by atoms with Gasteiger partial charge in [-0.15, -0.1) is 0 Å². The highest BCUT2D eigenvalue weighted by Gasteiger charge is 2.21. The third-order valence-corrected chi connectivity index (χ3v) is 6.11. The van der Waals surface area contributed by atoms with E-state index in [1.165, 1.54) is 0 Å². The zero-order valence-electron chi connectivity index (χ0n) is 16.3. The van der Waals surface area contributed by atoms with Crippen LogP contribution in [0.25, 0.3) is 0 Å². The van der Waals surface area contributed by atoms with Crippen LogP contribution in [-0.2, 0) is 16.6 Å². The summed E-state index contributed by atoms with van der Waals surface area (Å²) >= 11 is 0. The molecule has 1 heterocycles. The molecule has 1 aliphatic heterocycles. The lowest BCUT2D eigenvalue weighted by Gasteiger charge is -2.37. The molecule has 0 aliphatic carbocycles. The van der Waals surface area contributed by atoms with Gasteiger partial charge >= 0.3 is 0 Å². The van der Waals surface area contributed by atoms with Crippen molar-refractivity contribution in [3.63, 3.8) is 0 Å². The summed E-state index contributed by atoms with van der Waals surface area (Å²) in [6.45, 7) is 3.91. The number of anilines is 1. The van der Waals surface area contributed by atoms with Gasteiger partial charge in [0.1, 0.15) is 5.75 Å². The van der Waals surface area contributed by atoms with Crippen LogP contribution in [-0.4, -0.2) is 65.7 Å². The Morgan fingerprint density at radius 3 is 2.43 bits per heavy atom. The van der Waals surface area contributed by atoms with Gasteiger partial charge in [-0.2, -0.15) is 0 Å². The van der Waals surface area contributed by atoms with Crippen molar-refractivity contribution in [3.8, 4) is 5.75 Å². The summed E-state index contributed by atoms with van der Waals surface area (Å²) in [7, 11) is 0.877. The minimum atomic E-state index is -0.900. The maximum absolute atomic E-state index is 12.3. The van der Waals surface area contributed by atoms with Crippen molar-refractivity contribution in [1.82, 2.24) is 10.2 Å². The molecule has 6 nitrogen and oxygen atoms in total. The van der Waals surface area contributed by atoms with Crippen molar-refractivity contribution in [2.45, 2.75) is 5.75 Å². The second-order valence-electron chi connectivity index (χ2n) is 6.71. The van der Waals surface area contributed by atoms with Gasteiger partial charge in [0.25, 0.3) is 0 Å². The average Bonchev–Trinajstić information content (AvgIpc) is 2.73. The molecule has 1 saturated heterocycles. The molecular weight excluding hydrogens is 372 g/mol. The fraction of sp³-hybridized carbons (Fsp3) is 0.381. The number of piperazine rings is 1. The number of para-hydroxylation sites is 2. The summed E-state index contributed by atoms with van der Waals surface area (Å²) in [4.78, 5) is 8.77. The molecule has 2 aromatic carbocycles. The molecule has 0 saturated carbocycles. The highest BCUT2D eigenvalue weighted by atomic mass is 32.2. The normalized spacial score (nSPS) is 16.1. The van der Waals surface area contributed by atoms with Crippen LogP contribution in [0.5, 0.6) is 5.75 Å². The number of nitrogens with zero attached hydrogens (tertiary/aromatic N) is 3. The van der Waals surface area contributed by atoms with Crippen molar-refractivity contribution in [2.75, 3.05) is 50.4 Å². The van der Waals surface area contributed by atoms with E-state index in [0.29, 0.717) is 23.8 Å². The van der Waals surface area contributed by atoms with Crippen molar-refractivity contribution >= 4 is 22.4 Å². The topological polar surface area (TPSA) is 68.2 Å². The maximum Gasteiger partial charge on any atom is 0.193 e. The molecule has 7 heteroatoms. The number of benzene rings is 2. The van der Waals surface area contributed by atoms with Crippen molar-refractivity contribution < 1.29 is 9.32 Å². The number of aliphatic imine (C=N–C) groups is 1. The molecule has 0 radical (unpaired) electrons. The van der Waals surface area contributed by atoms with Crippen LogP contribution >= 0.6 is 0 Å². The van der Waals surface area contributed by atoms with Gasteiger partial charge in [-0.3, -0.25) is 9.20 Å². The Morgan fingerprint density at radius 1 is 1.07 bits per heavy atom. The van der Waals surface area contributed by atoms with E-state index in [2.05, 4.69) is 20.1 Å². The number of phenols is 1. The van der Waals surface area contributed by atoms with Crippen LogP contribution in [0.1, 0.15) is 5.56 Å². The summed E-state index contributed by atoms with van der Waals surface area (Å²) in [6, 6.07) is 17.4. The summed E-state index contributed by atoms with van der Waals surface area (Å²) < 4.78 is 12.3. The van der Waals surface area contributed by atoms with Gasteiger partial charge in [0, 0.05) is 62.1 Å². The van der Waals surface area contributed by atoms with E-state index in [1.807, 2.05) is 48.5 Å². The first-order valence-corrected chi connectivity index (χ1v) is 11.0. The highest BCUT2D eigenvalue weighted by molar-refractivity contribution is 7.84. The maximum atomic E-state index is 12.3. The van der Waals surface area contributed by atoms with Gasteiger partial charge in [-0.25, -0.2) is 0 Å². The van der Waals surface area contributed by atoms with Gasteiger partial charge in [0.2, 0.25) is 0 Å². The molecule has 150 valence electrons. The lowest BCUT2D eigenvalue weighted by molar-refractivity contribution is 0.371. The van der Waals surface area contributed by atoms with Gasteiger partial charge in [0.15, 0.2) is 5.96 Å². The predicted molar refractivity (Wildman–Crippen MR) is 116 cm³/mol. The van der Waals surface area contributed by atoms with Crippen LogP contribution in [0.2, 0.25) is 0 Å². The smallest absolute Gasteiger partial charge is 0.193 e. The van der Waals surface area contributed by atoms with Gasteiger partial charge in [-0.1, -0.05) is 42.5 Å². The summed E-state index contributed by atoms with van der Waals surface area (Å²) in [6.07, 6.45) is 0. The van der Waals surface area contributed by atoms with Crippen LogP contribution in [0, 0.1) is 0 Å². The largest absolute Gasteiger partial charge is 0.506 e. The number of phenolic OH excluding ortho intramolecular Hbond substituents is 1. The average molecular weight is 401 g/mol. The highest BCUT2D eigenvalue weighted by Crippen LogP contribution is 2.27. The molecule has 0 spiro atoms. The molecule has 0 bridgehead atoms. The lowest BCUT2D eigenvalue weighted by atomic mass is 10.2. The SMILES string of the molecule is CN=C(NCCS(=O)Cc1ccccc1)N1CCN(c2ccccc2O)CC1. The fourth-order valence-corrected chi connectivity index (χ4v) is 4.37. The first-order chi connectivity index (χ1) is 13.7. The minimum Gasteiger partial charge on any atom is -0.506 e. The Kier molecular flexibility index (Phi) is 7.31. The Labute approximate surface area is 169 Å². The van der Waals surface area contributed by atoms with Crippen molar-refractivity contribution in [2.24, 2.45) is 4.99 Å². The summed E-state index contributed by atoms with van der Waals surface area (Å²) in [5.74, 6) is 2.33. The van der Waals surface area contributed by atoms with Gasteiger partial charge < -0.3 is 20.2 Å². The molecule has 1 fully saturated rings. The fourth-order valence-electron chi connectivity index (χ4n) is 3.33. The second-order valence-corrected chi connectivity index (χ2v) is 8.29. The Balaban J connectivity index is 1.43. The quantitative estimate of drug-likeness (QED) is 0.574. The molecular formula is C21H28N4O2S. The van der Waals surface area contributed by atoms with E-state index in [1.54, 1.807) is 13.1 Å². The molecule has 1 unspecified atom stereocenters. The molecule has 0 aromatic heterocycles. The number of nitrogens with one attached hydrogen (secondary N) is 1. The van der Waals surface area contributed by atoms with Gasteiger partial charge in [0.05, 0.1) is 5.69 Å². The predicted octanol–water partition coefficient (Wildman–Crippen LogP) is 2.04. The summed E-state index contributed by atoms with van der Waals surface area (Å²) in [5.41, 5.74) is 1.98. The first kappa shape index (κ1) is 20.2. The first-order valence-electron chi connectivity index (χ1n) is 9.55. The van der Waals surface area contributed by atoms with Gasteiger partial charge in [-0.05, 0) is 17.7 Å². The lowest BCUT2D eigenvalue weighted by Crippen LogP contribution is -2.53. The number of rotatable bonds is 6. The molecule has 28 heavy (non-hydrogen) atoms. The Hall–Kier alpha value is -2.54. The number of aromatic hydroxyl groups is 1. The Morgan fingerprint density at radius 2 is 1.75 bits per heavy atom.